The predicted molar refractivity (Wildman–Crippen MR) is 79.2 cm³/mol. The van der Waals surface area contributed by atoms with Crippen LogP contribution < -0.4 is 10.5 Å². The number of carboxylic acid groups (broad SMARTS) is 1. The van der Waals surface area contributed by atoms with Crippen LogP contribution in [0.1, 0.15) is 18.9 Å². The third kappa shape index (κ3) is 2.47. The molecule has 4 nitrogen and oxygen atoms in total. The van der Waals surface area contributed by atoms with Crippen LogP contribution in [-0.2, 0) is 10.2 Å². The van der Waals surface area contributed by atoms with Crippen LogP contribution in [0.3, 0.4) is 0 Å². The zero-order valence-electron chi connectivity index (χ0n) is 11.7. The van der Waals surface area contributed by atoms with Crippen molar-refractivity contribution >= 4 is 16.7 Å². The Balaban J connectivity index is 2.52. The van der Waals surface area contributed by atoms with E-state index in [1.54, 1.807) is 14.0 Å². The largest absolute Gasteiger partial charge is 0.497 e. The van der Waals surface area contributed by atoms with Crippen molar-refractivity contribution in [1.29, 1.82) is 0 Å². The highest BCUT2D eigenvalue weighted by atomic mass is 16.5. The van der Waals surface area contributed by atoms with Crippen LogP contribution in [-0.4, -0.2) is 24.7 Å². The average Bonchev–Trinajstić information content (AvgIpc) is 2.46. The van der Waals surface area contributed by atoms with Crippen molar-refractivity contribution in [3.05, 3.63) is 42.0 Å². The first-order chi connectivity index (χ1) is 9.51. The van der Waals surface area contributed by atoms with Crippen LogP contribution in [0.25, 0.3) is 10.8 Å². The van der Waals surface area contributed by atoms with Gasteiger partial charge in [-0.2, -0.15) is 0 Å². The van der Waals surface area contributed by atoms with Gasteiger partial charge in [0.1, 0.15) is 5.75 Å². The summed E-state index contributed by atoms with van der Waals surface area (Å²) in [5.41, 5.74) is 5.38. The zero-order valence-corrected chi connectivity index (χ0v) is 11.7. The highest BCUT2D eigenvalue weighted by Crippen LogP contribution is 2.31. The first-order valence-electron chi connectivity index (χ1n) is 6.53. The molecule has 106 valence electrons. The van der Waals surface area contributed by atoms with Crippen molar-refractivity contribution in [2.75, 3.05) is 13.7 Å². The first-order valence-corrected chi connectivity index (χ1v) is 6.53. The van der Waals surface area contributed by atoms with E-state index < -0.39 is 11.4 Å². The van der Waals surface area contributed by atoms with E-state index in [0.29, 0.717) is 13.0 Å². The quantitative estimate of drug-likeness (QED) is 0.878. The molecular weight excluding hydrogens is 254 g/mol. The number of carbonyl (C=O) groups is 1. The Hall–Kier alpha value is -2.07. The summed E-state index contributed by atoms with van der Waals surface area (Å²) in [6.45, 7) is 2.05. The molecule has 1 atom stereocenters. The van der Waals surface area contributed by atoms with Gasteiger partial charge < -0.3 is 15.6 Å². The molecule has 4 heteroatoms. The van der Waals surface area contributed by atoms with Gasteiger partial charge in [-0.05, 0) is 48.4 Å². The van der Waals surface area contributed by atoms with Gasteiger partial charge in [0.05, 0.1) is 12.5 Å². The predicted octanol–water partition coefficient (Wildman–Crippen LogP) is 2.54. The fraction of sp³-hybridized carbons (Fsp3) is 0.312. The number of carboxylic acids is 1. The molecule has 2 rings (SSSR count). The molecule has 20 heavy (non-hydrogen) atoms. The molecule has 0 aromatic heterocycles. The fourth-order valence-electron chi connectivity index (χ4n) is 2.36. The Bertz CT molecular complexity index is 639. The number of hydrogen-bond donors (Lipinski definition) is 2. The average molecular weight is 273 g/mol. The van der Waals surface area contributed by atoms with Crippen LogP contribution >= 0.6 is 0 Å². The molecule has 2 aromatic carbocycles. The van der Waals surface area contributed by atoms with Crippen LogP contribution in [0.5, 0.6) is 5.75 Å². The Morgan fingerprint density at radius 2 is 1.90 bits per heavy atom. The summed E-state index contributed by atoms with van der Waals surface area (Å²) in [5, 5.41) is 11.5. The summed E-state index contributed by atoms with van der Waals surface area (Å²) in [6.07, 6.45) is 0.407. The Morgan fingerprint density at radius 1 is 1.25 bits per heavy atom. The van der Waals surface area contributed by atoms with Gasteiger partial charge in [-0.3, -0.25) is 4.79 Å². The normalized spacial score (nSPS) is 13.9. The van der Waals surface area contributed by atoms with Crippen LogP contribution in [0.4, 0.5) is 0 Å². The monoisotopic (exact) mass is 273 g/mol. The van der Waals surface area contributed by atoms with Crippen LogP contribution in [0, 0.1) is 0 Å². The standard InChI is InChI=1S/C16H19NO3/c1-16(7-8-17,15(18)19)13-5-3-12-10-14(20-2)6-4-11(12)9-13/h3-6,9-10H,7-8,17H2,1-2H3,(H,18,19)/t16-/m0/s1. The van der Waals surface area contributed by atoms with Gasteiger partial charge in [0.25, 0.3) is 0 Å². The molecule has 0 amide bonds. The second kappa shape index (κ2) is 5.51. The van der Waals surface area contributed by atoms with Crippen molar-refractivity contribution < 1.29 is 14.6 Å². The molecule has 0 bridgehead atoms. The Morgan fingerprint density at radius 3 is 2.50 bits per heavy atom. The van der Waals surface area contributed by atoms with E-state index in [0.717, 1.165) is 22.1 Å². The molecule has 0 aliphatic rings. The number of fused-ring (bicyclic) bond motifs is 1. The molecule has 0 spiro atoms. The number of aliphatic carboxylic acids is 1. The molecule has 0 heterocycles. The second-order valence-corrected chi connectivity index (χ2v) is 5.10. The molecule has 0 fully saturated rings. The number of benzene rings is 2. The molecule has 0 aliphatic carbocycles. The zero-order chi connectivity index (χ0) is 14.8. The van der Waals surface area contributed by atoms with Crippen LogP contribution in [0.15, 0.2) is 36.4 Å². The molecule has 0 unspecified atom stereocenters. The van der Waals surface area contributed by atoms with E-state index in [1.165, 1.54) is 0 Å². The summed E-state index contributed by atoms with van der Waals surface area (Å²) < 4.78 is 5.19. The van der Waals surface area contributed by atoms with Crippen molar-refractivity contribution in [2.24, 2.45) is 5.73 Å². The summed E-state index contributed by atoms with van der Waals surface area (Å²) in [4.78, 5) is 11.6. The number of hydrogen-bond acceptors (Lipinski definition) is 3. The second-order valence-electron chi connectivity index (χ2n) is 5.10. The minimum atomic E-state index is -0.955. The maximum Gasteiger partial charge on any atom is 0.313 e. The molecule has 0 radical (unpaired) electrons. The minimum Gasteiger partial charge on any atom is -0.497 e. The third-order valence-corrected chi connectivity index (χ3v) is 3.80. The number of nitrogens with two attached hydrogens (primary N) is 1. The van der Waals surface area contributed by atoms with Gasteiger partial charge in [-0.15, -0.1) is 0 Å². The van der Waals surface area contributed by atoms with E-state index in [1.807, 2.05) is 36.4 Å². The highest BCUT2D eigenvalue weighted by molar-refractivity contribution is 5.88. The van der Waals surface area contributed by atoms with Gasteiger partial charge in [0, 0.05) is 0 Å². The maximum absolute atomic E-state index is 11.6. The molecular formula is C16H19NO3. The summed E-state index contributed by atoms with van der Waals surface area (Å²) >= 11 is 0. The molecule has 2 aromatic rings. The van der Waals surface area contributed by atoms with Gasteiger partial charge in [0.15, 0.2) is 0 Å². The number of methoxy groups -OCH3 is 1. The molecule has 0 saturated carbocycles. The van der Waals surface area contributed by atoms with Crippen molar-refractivity contribution in [1.82, 2.24) is 0 Å². The smallest absolute Gasteiger partial charge is 0.313 e. The molecule has 0 saturated heterocycles. The van der Waals surface area contributed by atoms with Crippen molar-refractivity contribution in [3.63, 3.8) is 0 Å². The van der Waals surface area contributed by atoms with E-state index >= 15 is 0 Å². The van der Waals surface area contributed by atoms with Gasteiger partial charge >= 0.3 is 5.97 Å². The lowest BCUT2D eigenvalue weighted by Gasteiger charge is -2.25. The third-order valence-electron chi connectivity index (χ3n) is 3.80. The van der Waals surface area contributed by atoms with Crippen molar-refractivity contribution in [3.8, 4) is 5.75 Å². The molecule has 3 N–H and O–H groups in total. The first kappa shape index (κ1) is 14.3. The van der Waals surface area contributed by atoms with Gasteiger partial charge in [-0.25, -0.2) is 0 Å². The topological polar surface area (TPSA) is 72.5 Å². The number of rotatable bonds is 5. The lowest BCUT2D eigenvalue weighted by Crippen LogP contribution is -2.34. The Kier molecular flexibility index (Phi) is 3.95. The summed E-state index contributed by atoms with van der Waals surface area (Å²) in [6, 6.07) is 11.4. The van der Waals surface area contributed by atoms with E-state index in [-0.39, 0.29) is 0 Å². The summed E-state index contributed by atoms with van der Waals surface area (Å²) in [5.74, 6) is -0.0657. The Labute approximate surface area is 118 Å². The van der Waals surface area contributed by atoms with Gasteiger partial charge in [-0.1, -0.05) is 24.3 Å². The minimum absolute atomic E-state index is 0.337. The lowest BCUT2D eigenvalue weighted by molar-refractivity contribution is -0.143. The van der Waals surface area contributed by atoms with Crippen LogP contribution in [0.2, 0.25) is 0 Å². The fourth-order valence-corrected chi connectivity index (χ4v) is 2.36. The number of ether oxygens (including phenoxy) is 1. The molecule has 0 aliphatic heterocycles. The highest BCUT2D eigenvalue weighted by Gasteiger charge is 2.34. The van der Waals surface area contributed by atoms with E-state index in [2.05, 4.69) is 0 Å². The van der Waals surface area contributed by atoms with Crippen molar-refractivity contribution in [2.45, 2.75) is 18.8 Å². The van der Waals surface area contributed by atoms with Gasteiger partial charge in [0.2, 0.25) is 0 Å². The maximum atomic E-state index is 11.6. The van der Waals surface area contributed by atoms with E-state index in [4.69, 9.17) is 10.5 Å². The lowest BCUT2D eigenvalue weighted by atomic mass is 9.79. The van der Waals surface area contributed by atoms with E-state index in [9.17, 15) is 9.90 Å². The summed E-state index contributed by atoms with van der Waals surface area (Å²) in [7, 11) is 1.62. The SMILES string of the molecule is COc1ccc2cc([C@](C)(CCN)C(=O)O)ccc2c1.